The highest BCUT2D eigenvalue weighted by atomic mass is 16.2. The number of carbonyl (C=O) groups excluding carboxylic acids is 2. The Bertz CT molecular complexity index is 1280. The summed E-state index contributed by atoms with van der Waals surface area (Å²) in [6, 6.07) is 15.2. The van der Waals surface area contributed by atoms with Gasteiger partial charge in [-0.15, -0.1) is 0 Å². The number of hydrogen-bond acceptors (Lipinski definition) is 7. The van der Waals surface area contributed by atoms with Gasteiger partial charge in [0.25, 0.3) is 5.91 Å². The van der Waals surface area contributed by atoms with E-state index < -0.39 is 0 Å². The lowest BCUT2D eigenvalue weighted by molar-refractivity contribution is -0.132. The predicted octanol–water partition coefficient (Wildman–Crippen LogP) is 3.27. The van der Waals surface area contributed by atoms with E-state index >= 15 is 0 Å². The van der Waals surface area contributed by atoms with Crippen LogP contribution in [0.15, 0.2) is 54.9 Å². The summed E-state index contributed by atoms with van der Waals surface area (Å²) in [5.74, 6) is 0.299. The van der Waals surface area contributed by atoms with Crippen molar-refractivity contribution in [1.82, 2.24) is 19.8 Å². The minimum atomic E-state index is -0.271. The Morgan fingerprint density at radius 2 is 1.83 bits per heavy atom. The maximum Gasteiger partial charge on any atom is 0.259 e. The molecule has 9 heteroatoms. The van der Waals surface area contributed by atoms with Crippen molar-refractivity contribution in [2.24, 2.45) is 0 Å². The minimum absolute atomic E-state index is 0.0575. The molecule has 2 fully saturated rings. The van der Waals surface area contributed by atoms with Crippen molar-refractivity contribution in [2.45, 2.75) is 37.8 Å². The van der Waals surface area contributed by atoms with Crippen molar-refractivity contribution in [3.05, 3.63) is 60.4 Å². The molecule has 9 nitrogen and oxygen atoms in total. The number of fused-ring (bicyclic) bond motifs is 1. The van der Waals surface area contributed by atoms with Crippen LogP contribution in [0.3, 0.4) is 0 Å². The fourth-order valence-electron chi connectivity index (χ4n) is 5.04. The fraction of sp³-hybridized carbons (Fsp3) is 0.370. The molecule has 36 heavy (non-hydrogen) atoms. The quantitative estimate of drug-likeness (QED) is 0.553. The molecule has 1 unspecified atom stereocenters. The predicted molar refractivity (Wildman–Crippen MR) is 137 cm³/mol. The first kappa shape index (κ1) is 23.7. The molecular weight excluding hydrogens is 454 g/mol. The van der Waals surface area contributed by atoms with Crippen LogP contribution in [0.1, 0.15) is 36.0 Å². The maximum atomic E-state index is 12.9. The van der Waals surface area contributed by atoms with E-state index in [1.165, 1.54) is 0 Å². The molecule has 2 amide bonds. The van der Waals surface area contributed by atoms with Crippen LogP contribution in [0, 0.1) is 11.3 Å². The number of benzene rings is 1. The molecule has 1 aromatic carbocycles. The molecular formula is C27H29N7O2. The first-order valence-corrected chi connectivity index (χ1v) is 12.4. The number of likely N-dealkylation sites (tertiary alicyclic amines) is 2. The molecule has 3 aromatic rings. The van der Waals surface area contributed by atoms with Crippen LogP contribution in [-0.2, 0) is 4.79 Å². The van der Waals surface area contributed by atoms with Crippen LogP contribution < -0.4 is 10.6 Å². The van der Waals surface area contributed by atoms with E-state index in [2.05, 4.69) is 31.6 Å². The number of amides is 2. The Labute approximate surface area is 210 Å². The number of pyridine rings is 2. The fourth-order valence-corrected chi connectivity index (χ4v) is 5.04. The number of rotatable bonds is 6. The topological polar surface area (TPSA) is 114 Å². The van der Waals surface area contributed by atoms with E-state index in [0.717, 1.165) is 49.8 Å². The second-order valence-electron chi connectivity index (χ2n) is 9.30. The van der Waals surface area contributed by atoms with E-state index in [9.17, 15) is 14.9 Å². The van der Waals surface area contributed by atoms with Crippen LogP contribution >= 0.6 is 0 Å². The lowest BCUT2D eigenvalue weighted by Crippen LogP contribution is -2.46. The number of nitrogens with zero attached hydrogens (tertiary/aromatic N) is 5. The van der Waals surface area contributed by atoms with Crippen LogP contribution in [0.5, 0.6) is 0 Å². The van der Waals surface area contributed by atoms with Gasteiger partial charge in [0.2, 0.25) is 5.91 Å². The lowest BCUT2D eigenvalue weighted by atomic mass is 10.0. The molecule has 2 aromatic heterocycles. The molecule has 4 heterocycles. The van der Waals surface area contributed by atoms with Gasteiger partial charge >= 0.3 is 0 Å². The van der Waals surface area contributed by atoms with Gasteiger partial charge < -0.3 is 15.5 Å². The molecule has 1 atom stereocenters. The monoisotopic (exact) mass is 483 g/mol. The number of carbonyl (C=O) groups is 2. The van der Waals surface area contributed by atoms with Gasteiger partial charge in [0.1, 0.15) is 11.9 Å². The van der Waals surface area contributed by atoms with Crippen molar-refractivity contribution >= 4 is 34.2 Å². The first-order valence-electron chi connectivity index (χ1n) is 12.4. The third kappa shape index (κ3) is 5.14. The third-order valence-electron chi connectivity index (χ3n) is 6.95. The van der Waals surface area contributed by atoms with Gasteiger partial charge in [-0.1, -0.05) is 6.07 Å². The van der Waals surface area contributed by atoms with Crippen molar-refractivity contribution in [2.75, 3.05) is 36.8 Å². The highest BCUT2D eigenvalue weighted by Gasteiger charge is 2.30. The lowest BCUT2D eigenvalue weighted by Gasteiger charge is -2.33. The summed E-state index contributed by atoms with van der Waals surface area (Å²) in [4.78, 5) is 38.2. The highest BCUT2D eigenvalue weighted by molar-refractivity contribution is 6.13. The summed E-state index contributed by atoms with van der Waals surface area (Å²) in [5, 5.41) is 16.6. The Balaban J connectivity index is 1.22. The normalized spacial score (nSPS) is 18.6. The zero-order valence-electron chi connectivity index (χ0n) is 20.1. The van der Waals surface area contributed by atoms with Gasteiger partial charge in [0.15, 0.2) is 0 Å². The zero-order valence-corrected chi connectivity index (χ0v) is 20.1. The number of anilines is 2. The Morgan fingerprint density at radius 1 is 1.00 bits per heavy atom. The molecule has 0 spiro atoms. The molecule has 2 aliphatic rings. The van der Waals surface area contributed by atoms with Gasteiger partial charge in [0, 0.05) is 49.1 Å². The van der Waals surface area contributed by atoms with Gasteiger partial charge in [0.05, 0.1) is 23.7 Å². The second-order valence-corrected chi connectivity index (χ2v) is 9.30. The average Bonchev–Trinajstić information content (AvgIpc) is 3.40. The largest absolute Gasteiger partial charge is 0.382 e. The van der Waals surface area contributed by atoms with Crippen LogP contribution in [-0.4, -0.2) is 69.8 Å². The molecule has 2 aliphatic heterocycles. The third-order valence-corrected chi connectivity index (χ3v) is 6.95. The number of nitrogens with one attached hydrogen (secondary N) is 2. The average molecular weight is 484 g/mol. The molecule has 2 saturated heterocycles. The summed E-state index contributed by atoms with van der Waals surface area (Å²) in [6.07, 6.45) is 6.81. The van der Waals surface area contributed by atoms with Gasteiger partial charge in [-0.05, 0) is 62.1 Å². The van der Waals surface area contributed by atoms with E-state index in [4.69, 9.17) is 0 Å². The molecule has 184 valence electrons. The number of hydrogen-bond donors (Lipinski definition) is 2. The summed E-state index contributed by atoms with van der Waals surface area (Å²) in [7, 11) is 0. The van der Waals surface area contributed by atoms with Crippen LogP contribution in [0.25, 0.3) is 10.9 Å². The summed E-state index contributed by atoms with van der Waals surface area (Å²) >= 11 is 0. The number of nitriles is 1. The molecule has 2 N–H and O–H groups in total. The molecule has 0 bridgehead atoms. The SMILES string of the molecule is N#CC1CCCN1C(=O)CN1CCC(Nc2ccc(C(=O)Nc3ccccn3)c3ncccc23)CC1. The summed E-state index contributed by atoms with van der Waals surface area (Å²) < 4.78 is 0. The Hall–Kier alpha value is -4.03. The first-order chi connectivity index (χ1) is 17.6. The summed E-state index contributed by atoms with van der Waals surface area (Å²) in [6.45, 7) is 2.69. The van der Waals surface area contributed by atoms with E-state index in [-0.39, 0.29) is 23.9 Å². The van der Waals surface area contributed by atoms with Crippen molar-refractivity contribution in [1.29, 1.82) is 5.26 Å². The van der Waals surface area contributed by atoms with Gasteiger partial charge in [-0.2, -0.15) is 5.26 Å². The van der Waals surface area contributed by atoms with Crippen molar-refractivity contribution in [3.63, 3.8) is 0 Å². The Kier molecular flexibility index (Phi) is 7.05. The van der Waals surface area contributed by atoms with E-state index in [1.807, 2.05) is 24.3 Å². The van der Waals surface area contributed by atoms with Crippen LogP contribution in [0.4, 0.5) is 11.5 Å². The number of aromatic nitrogens is 2. The Morgan fingerprint density at radius 3 is 2.61 bits per heavy atom. The van der Waals surface area contributed by atoms with Gasteiger partial charge in [-0.25, -0.2) is 4.98 Å². The smallest absolute Gasteiger partial charge is 0.259 e. The minimum Gasteiger partial charge on any atom is -0.382 e. The van der Waals surface area contributed by atoms with E-state index in [1.54, 1.807) is 35.5 Å². The van der Waals surface area contributed by atoms with E-state index in [0.29, 0.717) is 30.0 Å². The van der Waals surface area contributed by atoms with Crippen LogP contribution in [0.2, 0.25) is 0 Å². The highest BCUT2D eigenvalue weighted by Crippen LogP contribution is 2.28. The summed E-state index contributed by atoms with van der Waals surface area (Å²) in [5.41, 5.74) is 2.07. The second kappa shape index (κ2) is 10.7. The van der Waals surface area contributed by atoms with Crippen molar-refractivity contribution < 1.29 is 9.59 Å². The van der Waals surface area contributed by atoms with Gasteiger partial charge in [-0.3, -0.25) is 19.5 Å². The molecule has 0 radical (unpaired) electrons. The zero-order chi connectivity index (χ0) is 24.9. The molecule has 0 aliphatic carbocycles. The van der Waals surface area contributed by atoms with Crippen molar-refractivity contribution in [3.8, 4) is 6.07 Å². The number of piperidine rings is 1. The standard InChI is InChI=1S/C27H29N7O2/c28-17-20-5-4-14-34(20)25(35)18-33-15-10-19(11-16-33)31-23-9-8-22(26-21(23)6-3-13-30-26)27(36)32-24-7-1-2-12-29-24/h1-3,6-9,12-13,19-20,31H,4-5,10-11,14-16,18H2,(H,29,32,36). The molecule has 0 saturated carbocycles. The molecule has 5 rings (SSSR count). The maximum absolute atomic E-state index is 12.9.